The van der Waals surface area contributed by atoms with Crippen molar-refractivity contribution < 1.29 is 19.4 Å². The molecule has 3 rings (SSSR count). The van der Waals surface area contributed by atoms with Crippen LogP contribution in [0.3, 0.4) is 0 Å². The Morgan fingerprint density at radius 3 is 3.14 bits per heavy atom. The number of hydrogen-bond donors (Lipinski definition) is 1. The van der Waals surface area contributed by atoms with E-state index in [1.807, 2.05) is 17.0 Å². The fourth-order valence-corrected chi connectivity index (χ4v) is 3.31. The third-order valence-corrected chi connectivity index (χ3v) is 4.29. The van der Waals surface area contributed by atoms with Gasteiger partial charge in [-0.1, -0.05) is 11.6 Å². The number of hydrogen-bond acceptors (Lipinski definition) is 5. The van der Waals surface area contributed by atoms with Crippen LogP contribution in [0.4, 0.5) is 0 Å². The first-order valence-corrected chi connectivity index (χ1v) is 7.39. The van der Waals surface area contributed by atoms with Crippen LogP contribution in [0, 0.1) is 0 Å². The second-order valence-corrected chi connectivity index (χ2v) is 6.01. The molecule has 1 N–H and O–H groups in total. The van der Waals surface area contributed by atoms with Crippen LogP contribution in [-0.2, 0) is 16.0 Å². The van der Waals surface area contributed by atoms with Crippen molar-refractivity contribution >= 4 is 17.6 Å². The molecule has 3 unspecified atom stereocenters. The Morgan fingerprint density at radius 2 is 2.38 bits per heavy atom. The van der Waals surface area contributed by atoms with Crippen molar-refractivity contribution in [1.29, 1.82) is 0 Å². The summed E-state index contributed by atoms with van der Waals surface area (Å²) in [6, 6.07) is 5.20. The number of esters is 1. The predicted octanol–water partition coefficient (Wildman–Crippen LogP) is 1.25. The van der Waals surface area contributed by atoms with Crippen LogP contribution in [0.2, 0.25) is 5.02 Å². The maximum Gasteiger partial charge on any atom is 0.323 e. The van der Waals surface area contributed by atoms with Gasteiger partial charge in [0.1, 0.15) is 17.9 Å². The first-order valence-electron chi connectivity index (χ1n) is 7.02. The first-order chi connectivity index (χ1) is 10.1. The minimum Gasteiger partial charge on any atom is -0.488 e. The number of β-amino-alcohol motifs (C(OH)–C–C–N with tert-alkyl or cyclic N) is 1. The van der Waals surface area contributed by atoms with Gasteiger partial charge in [0.2, 0.25) is 0 Å². The zero-order chi connectivity index (χ0) is 15.0. The summed E-state index contributed by atoms with van der Waals surface area (Å²) < 4.78 is 10.7. The smallest absolute Gasteiger partial charge is 0.323 e. The number of likely N-dealkylation sites (tertiary alicyclic amines) is 1. The van der Waals surface area contributed by atoms with E-state index < -0.39 is 6.10 Å². The van der Waals surface area contributed by atoms with Crippen molar-refractivity contribution in [3.8, 4) is 5.75 Å². The lowest BCUT2D eigenvalue weighted by atomic mass is 10.1. The molecule has 1 saturated heterocycles. The number of halogens is 1. The minimum absolute atomic E-state index is 0.0316. The number of carbonyl (C=O) groups excluding carboxylic acids is 1. The lowest BCUT2D eigenvalue weighted by Gasteiger charge is -2.24. The quantitative estimate of drug-likeness (QED) is 0.852. The van der Waals surface area contributed by atoms with Crippen LogP contribution in [0.1, 0.15) is 12.0 Å². The van der Waals surface area contributed by atoms with Crippen molar-refractivity contribution in [3.05, 3.63) is 28.8 Å². The molecule has 6 heteroatoms. The molecular weight excluding hydrogens is 294 g/mol. The van der Waals surface area contributed by atoms with E-state index in [9.17, 15) is 9.90 Å². The van der Waals surface area contributed by atoms with Crippen molar-refractivity contribution in [1.82, 2.24) is 4.90 Å². The number of nitrogens with zero attached hydrogens (tertiary/aromatic N) is 1. The highest BCUT2D eigenvalue weighted by Crippen LogP contribution is 2.32. The number of ether oxygens (including phenoxy) is 2. The molecule has 2 heterocycles. The normalized spacial score (nSPS) is 28.2. The van der Waals surface area contributed by atoms with Gasteiger partial charge in [0.25, 0.3) is 0 Å². The van der Waals surface area contributed by atoms with Gasteiger partial charge in [0.05, 0.1) is 13.2 Å². The molecule has 5 nitrogen and oxygen atoms in total. The monoisotopic (exact) mass is 311 g/mol. The van der Waals surface area contributed by atoms with E-state index in [2.05, 4.69) is 0 Å². The Hall–Kier alpha value is -1.30. The molecule has 1 fully saturated rings. The molecule has 2 aliphatic rings. The van der Waals surface area contributed by atoms with E-state index >= 15 is 0 Å². The molecule has 1 aromatic carbocycles. The minimum atomic E-state index is -0.493. The topological polar surface area (TPSA) is 59.0 Å². The van der Waals surface area contributed by atoms with Gasteiger partial charge >= 0.3 is 5.97 Å². The lowest BCUT2D eigenvalue weighted by molar-refractivity contribution is -0.146. The highest BCUT2D eigenvalue weighted by atomic mass is 35.5. The largest absolute Gasteiger partial charge is 0.488 e. The SMILES string of the molecule is COC(=O)C1CC(O)CN1CC1Cc2cc(Cl)ccc2O1. The van der Waals surface area contributed by atoms with Gasteiger partial charge in [-0.05, 0) is 23.8 Å². The third kappa shape index (κ3) is 3.00. The summed E-state index contributed by atoms with van der Waals surface area (Å²) in [6.07, 6.45) is 0.650. The Morgan fingerprint density at radius 1 is 1.57 bits per heavy atom. The average molecular weight is 312 g/mol. The van der Waals surface area contributed by atoms with Gasteiger partial charge in [-0.3, -0.25) is 9.69 Å². The Bertz CT molecular complexity index is 550. The molecule has 1 aromatic rings. The van der Waals surface area contributed by atoms with Crippen LogP contribution in [0.25, 0.3) is 0 Å². The zero-order valence-electron chi connectivity index (χ0n) is 11.8. The Balaban J connectivity index is 1.66. The van der Waals surface area contributed by atoms with Crippen molar-refractivity contribution in [2.75, 3.05) is 20.2 Å². The van der Waals surface area contributed by atoms with Crippen molar-refractivity contribution in [3.63, 3.8) is 0 Å². The van der Waals surface area contributed by atoms with Crippen LogP contribution in [-0.4, -0.2) is 54.4 Å². The summed E-state index contributed by atoms with van der Waals surface area (Å²) in [5.74, 6) is 0.545. The molecule has 0 saturated carbocycles. The summed E-state index contributed by atoms with van der Waals surface area (Å²) >= 11 is 5.98. The number of fused-ring (bicyclic) bond motifs is 1. The highest BCUT2D eigenvalue weighted by molar-refractivity contribution is 6.30. The van der Waals surface area contributed by atoms with Gasteiger partial charge in [-0.25, -0.2) is 0 Å². The maximum atomic E-state index is 11.8. The van der Waals surface area contributed by atoms with Gasteiger partial charge in [-0.15, -0.1) is 0 Å². The zero-order valence-corrected chi connectivity index (χ0v) is 12.5. The molecule has 0 aromatic heterocycles. The summed E-state index contributed by atoms with van der Waals surface area (Å²) in [4.78, 5) is 13.7. The molecule has 0 spiro atoms. The van der Waals surface area contributed by atoms with Crippen LogP contribution in [0.15, 0.2) is 18.2 Å². The van der Waals surface area contributed by atoms with E-state index in [1.54, 1.807) is 6.07 Å². The van der Waals surface area contributed by atoms with Gasteiger partial charge < -0.3 is 14.6 Å². The van der Waals surface area contributed by atoms with E-state index in [-0.39, 0.29) is 18.1 Å². The number of methoxy groups -OCH3 is 1. The molecular formula is C15H18ClNO4. The van der Waals surface area contributed by atoms with Gasteiger partial charge in [0, 0.05) is 31.0 Å². The fourth-order valence-electron chi connectivity index (χ4n) is 3.11. The summed E-state index contributed by atoms with van der Waals surface area (Å²) in [7, 11) is 1.37. The fraction of sp³-hybridized carbons (Fsp3) is 0.533. The number of aliphatic hydroxyl groups is 1. The number of rotatable bonds is 3. The molecule has 21 heavy (non-hydrogen) atoms. The molecule has 2 aliphatic heterocycles. The standard InChI is InChI=1S/C15H18ClNO4/c1-20-15(19)13-6-11(18)7-17(13)8-12-5-9-4-10(16)2-3-14(9)21-12/h2-4,11-13,18H,5-8H2,1H3. The van der Waals surface area contributed by atoms with E-state index in [4.69, 9.17) is 21.1 Å². The van der Waals surface area contributed by atoms with Gasteiger partial charge in [-0.2, -0.15) is 0 Å². The molecule has 0 amide bonds. The van der Waals surface area contributed by atoms with Crippen LogP contribution < -0.4 is 4.74 Å². The Labute approximate surface area is 128 Å². The van der Waals surface area contributed by atoms with Crippen molar-refractivity contribution in [2.24, 2.45) is 0 Å². The van der Waals surface area contributed by atoms with Gasteiger partial charge in [0.15, 0.2) is 0 Å². The molecule has 0 radical (unpaired) electrons. The van der Waals surface area contributed by atoms with E-state index in [0.717, 1.165) is 17.7 Å². The summed E-state index contributed by atoms with van der Waals surface area (Å²) in [5.41, 5.74) is 1.09. The Kier molecular flexibility index (Phi) is 4.06. The van der Waals surface area contributed by atoms with Crippen LogP contribution >= 0.6 is 11.6 Å². The van der Waals surface area contributed by atoms with Crippen LogP contribution in [0.5, 0.6) is 5.75 Å². The predicted molar refractivity (Wildman–Crippen MR) is 77.6 cm³/mol. The number of benzene rings is 1. The van der Waals surface area contributed by atoms with E-state index in [1.165, 1.54) is 7.11 Å². The molecule has 114 valence electrons. The average Bonchev–Trinajstić information content (AvgIpc) is 3.00. The highest BCUT2D eigenvalue weighted by Gasteiger charge is 2.39. The first kappa shape index (κ1) is 14.6. The molecule has 0 bridgehead atoms. The number of aliphatic hydroxyl groups excluding tert-OH is 1. The lowest BCUT2D eigenvalue weighted by Crippen LogP contribution is -2.42. The summed E-state index contributed by atoms with van der Waals surface area (Å²) in [5, 5.41) is 10.5. The second kappa shape index (κ2) is 5.83. The number of carbonyl (C=O) groups is 1. The third-order valence-electron chi connectivity index (χ3n) is 4.06. The summed E-state index contributed by atoms with van der Waals surface area (Å²) in [6.45, 7) is 1.06. The van der Waals surface area contributed by atoms with Crippen molar-refractivity contribution in [2.45, 2.75) is 31.1 Å². The van der Waals surface area contributed by atoms with E-state index in [0.29, 0.717) is 24.5 Å². The maximum absolute atomic E-state index is 11.8. The molecule has 0 aliphatic carbocycles. The molecule has 3 atom stereocenters. The second-order valence-electron chi connectivity index (χ2n) is 5.58.